The Balaban J connectivity index is 1.43. The van der Waals surface area contributed by atoms with Crippen LogP contribution in [0.4, 0.5) is 11.4 Å². The number of nitrogens with zero attached hydrogens (tertiary/aromatic N) is 1. The molecule has 1 aliphatic rings. The number of nitrogens with one attached hydrogen (secondary N) is 2. The molecule has 164 valence electrons. The van der Waals surface area contributed by atoms with Crippen molar-refractivity contribution in [2.45, 2.75) is 38.1 Å². The first-order valence-corrected chi connectivity index (χ1v) is 11.6. The highest BCUT2D eigenvalue weighted by molar-refractivity contribution is 7.80. The summed E-state index contributed by atoms with van der Waals surface area (Å²) in [6.07, 6.45) is 3.78. The smallest absolute Gasteiger partial charge is 0.238 e. The number of amides is 1. The highest BCUT2D eigenvalue weighted by Crippen LogP contribution is 2.27. The fourth-order valence-electron chi connectivity index (χ4n) is 4.35. The predicted molar refractivity (Wildman–Crippen MR) is 136 cm³/mol. The molecule has 5 heteroatoms. The zero-order valence-electron chi connectivity index (χ0n) is 18.3. The number of rotatable bonds is 5. The largest absolute Gasteiger partial charge is 0.369 e. The minimum atomic E-state index is -0.430. The lowest BCUT2D eigenvalue weighted by molar-refractivity contribution is -0.120. The van der Waals surface area contributed by atoms with E-state index in [4.69, 9.17) is 12.2 Å². The summed E-state index contributed by atoms with van der Waals surface area (Å²) in [6, 6.07) is 28.4. The third-order valence-corrected chi connectivity index (χ3v) is 6.23. The summed E-state index contributed by atoms with van der Waals surface area (Å²) >= 11 is 5.45. The normalized spacial score (nSPS) is 15.9. The standard InChI is InChI=1S/C27H29N3OS/c1-20-10-8-9-19-30(20)24-17-15-23(16-18-24)28-27(32)29-26(31)25(21-11-4-2-5-12-21)22-13-6-3-7-14-22/h2-7,11-18,20,25H,8-10,19H2,1H3,(H2,28,29,31,32)/t20-/m0/s1. The molecule has 0 spiro atoms. The van der Waals surface area contributed by atoms with Crippen LogP contribution in [-0.4, -0.2) is 23.6 Å². The Morgan fingerprint density at radius 1 is 0.906 bits per heavy atom. The monoisotopic (exact) mass is 443 g/mol. The number of hydrogen-bond donors (Lipinski definition) is 2. The van der Waals surface area contributed by atoms with Crippen molar-refractivity contribution in [1.82, 2.24) is 5.32 Å². The average molecular weight is 444 g/mol. The molecule has 1 aliphatic heterocycles. The van der Waals surface area contributed by atoms with Gasteiger partial charge in [-0.1, -0.05) is 60.7 Å². The first kappa shape index (κ1) is 22.0. The Hall–Kier alpha value is -3.18. The molecular weight excluding hydrogens is 414 g/mol. The summed E-state index contributed by atoms with van der Waals surface area (Å²) in [4.78, 5) is 15.7. The van der Waals surface area contributed by atoms with Gasteiger partial charge in [-0.3, -0.25) is 4.79 Å². The lowest BCUT2D eigenvalue weighted by Crippen LogP contribution is -2.38. The number of anilines is 2. The Morgan fingerprint density at radius 3 is 2.06 bits per heavy atom. The lowest BCUT2D eigenvalue weighted by Gasteiger charge is -2.35. The fourth-order valence-corrected chi connectivity index (χ4v) is 4.57. The lowest BCUT2D eigenvalue weighted by atomic mass is 9.90. The van der Waals surface area contributed by atoms with Crippen molar-refractivity contribution in [3.8, 4) is 0 Å². The third kappa shape index (κ3) is 5.35. The Morgan fingerprint density at radius 2 is 1.50 bits per heavy atom. The number of hydrogen-bond acceptors (Lipinski definition) is 3. The maximum atomic E-state index is 13.2. The number of thiocarbonyl (C=S) groups is 1. The number of carbonyl (C=O) groups is 1. The molecule has 0 unspecified atom stereocenters. The van der Waals surface area contributed by atoms with Gasteiger partial charge in [0.2, 0.25) is 5.91 Å². The fraction of sp³-hybridized carbons (Fsp3) is 0.259. The van der Waals surface area contributed by atoms with E-state index in [0.29, 0.717) is 11.2 Å². The van der Waals surface area contributed by atoms with Crippen molar-refractivity contribution in [3.05, 3.63) is 96.1 Å². The zero-order valence-corrected chi connectivity index (χ0v) is 19.1. The third-order valence-electron chi connectivity index (χ3n) is 6.02. The number of carbonyl (C=O) groups excluding carboxylic acids is 1. The Bertz CT molecular complexity index is 998. The summed E-state index contributed by atoms with van der Waals surface area (Å²) in [5.41, 5.74) is 3.95. The Labute approximate surface area is 195 Å². The van der Waals surface area contributed by atoms with Crippen molar-refractivity contribution in [1.29, 1.82) is 0 Å². The summed E-state index contributed by atoms with van der Waals surface area (Å²) in [7, 11) is 0. The van der Waals surface area contributed by atoms with E-state index in [2.05, 4.69) is 34.6 Å². The van der Waals surface area contributed by atoms with Gasteiger partial charge in [0.25, 0.3) is 0 Å². The molecule has 0 radical (unpaired) electrons. The van der Waals surface area contributed by atoms with Crippen LogP contribution in [-0.2, 0) is 4.79 Å². The van der Waals surface area contributed by atoms with Crippen LogP contribution < -0.4 is 15.5 Å². The van der Waals surface area contributed by atoms with Crippen LogP contribution in [0, 0.1) is 0 Å². The maximum Gasteiger partial charge on any atom is 0.238 e. The second kappa shape index (κ2) is 10.4. The van der Waals surface area contributed by atoms with Crippen LogP contribution in [0.2, 0.25) is 0 Å². The molecule has 1 atom stereocenters. The van der Waals surface area contributed by atoms with Gasteiger partial charge >= 0.3 is 0 Å². The van der Waals surface area contributed by atoms with Crippen molar-refractivity contribution < 1.29 is 4.79 Å². The van der Waals surface area contributed by atoms with E-state index in [9.17, 15) is 4.79 Å². The van der Waals surface area contributed by atoms with E-state index in [0.717, 1.165) is 23.4 Å². The van der Waals surface area contributed by atoms with E-state index < -0.39 is 5.92 Å². The van der Waals surface area contributed by atoms with Gasteiger partial charge in [0.15, 0.2) is 5.11 Å². The van der Waals surface area contributed by atoms with Gasteiger partial charge in [0, 0.05) is 24.0 Å². The minimum absolute atomic E-state index is 0.154. The highest BCUT2D eigenvalue weighted by Gasteiger charge is 2.23. The van der Waals surface area contributed by atoms with E-state index in [1.165, 1.54) is 24.9 Å². The molecular formula is C27H29N3OS. The molecule has 2 N–H and O–H groups in total. The quantitative estimate of drug-likeness (QED) is 0.496. The predicted octanol–water partition coefficient (Wildman–Crippen LogP) is 5.71. The molecule has 1 amide bonds. The van der Waals surface area contributed by atoms with Crippen molar-refractivity contribution in [2.75, 3.05) is 16.8 Å². The molecule has 4 rings (SSSR count). The van der Waals surface area contributed by atoms with Crippen LogP contribution in [0.15, 0.2) is 84.9 Å². The van der Waals surface area contributed by atoms with E-state index in [1.54, 1.807) is 0 Å². The molecule has 0 aliphatic carbocycles. The first-order chi connectivity index (χ1) is 15.6. The van der Waals surface area contributed by atoms with Gasteiger partial charge < -0.3 is 15.5 Å². The summed E-state index contributed by atoms with van der Waals surface area (Å²) in [5, 5.41) is 6.33. The minimum Gasteiger partial charge on any atom is -0.369 e. The molecule has 3 aromatic carbocycles. The van der Waals surface area contributed by atoms with Crippen molar-refractivity contribution in [2.24, 2.45) is 0 Å². The Kier molecular flexibility index (Phi) is 7.17. The summed E-state index contributed by atoms with van der Waals surface area (Å²) < 4.78 is 0. The number of piperidine rings is 1. The van der Waals surface area contributed by atoms with Crippen LogP contribution in [0.5, 0.6) is 0 Å². The molecule has 0 aromatic heterocycles. The molecule has 1 fully saturated rings. The van der Waals surface area contributed by atoms with Gasteiger partial charge in [0.05, 0.1) is 5.92 Å². The first-order valence-electron chi connectivity index (χ1n) is 11.2. The number of benzene rings is 3. The highest BCUT2D eigenvalue weighted by atomic mass is 32.1. The van der Waals surface area contributed by atoms with Crippen LogP contribution in [0.1, 0.15) is 43.2 Å². The van der Waals surface area contributed by atoms with Crippen LogP contribution in [0.3, 0.4) is 0 Å². The maximum absolute atomic E-state index is 13.2. The molecule has 1 heterocycles. The second-order valence-electron chi connectivity index (χ2n) is 8.28. The average Bonchev–Trinajstić information content (AvgIpc) is 2.81. The SMILES string of the molecule is C[C@H]1CCCCN1c1ccc(NC(=S)NC(=O)C(c2ccccc2)c2ccccc2)cc1. The molecule has 32 heavy (non-hydrogen) atoms. The van der Waals surface area contributed by atoms with Crippen molar-refractivity contribution in [3.63, 3.8) is 0 Å². The molecule has 0 saturated carbocycles. The zero-order chi connectivity index (χ0) is 22.3. The molecule has 0 bridgehead atoms. The van der Waals surface area contributed by atoms with Gasteiger partial charge in [-0.2, -0.15) is 0 Å². The van der Waals surface area contributed by atoms with Crippen LogP contribution >= 0.6 is 12.2 Å². The van der Waals surface area contributed by atoms with Crippen LogP contribution in [0.25, 0.3) is 0 Å². The van der Waals surface area contributed by atoms with Gasteiger partial charge in [-0.25, -0.2) is 0 Å². The van der Waals surface area contributed by atoms with E-state index >= 15 is 0 Å². The second-order valence-corrected chi connectivity index (χ2v) is 8.69. The summed E-state index contributed by atoms with van der Waals surface area (Å²) in [5.74, 6) is -0.584. The van der Waals surface area contributed by atoms with Gasteiger partial charge in [-0.15, -0.1) is 0 Å². The topological polar surface area (TPSA) is 44.4 Å². The van der Waals surface area contributed by atoms with Gasteiger partial charge in [-0.05, 0) is 73.8 Å². The summed E-state index contributed by atoms with van der Waals surface area (Å²) in [6.45, 7) is 3.38. The van der Waals surface area contributed by atoms with E-state index in [1.807, 2.05) is 72.8 Å². The van der Waals surface area contributed by atoms with Gasteiger partial charge in [0.1, 0.15) is 0 Å². The van der Waals surface area contributed by atoms with E-state index in [-0.39, 0.29) is 5.91 Å². The molecule has 3 aromatic rings. The van der Waals surface area contributed by atoms with Crippen molar-refractivity contribution >= 4 is 34.6 Å². The molecule has 4 nitrogen and oxygen atoms in total. The molecule has 1 saturated heterocycles.